The van der Waals surface area contributed by atoms with Crippen molar-refractivity contribution < 1.29 is 9.18 Å². The molecule has 1 amide bonds. The first-order chi connectivity index (χ1) is 17.3. The van der Waals surface area contributed by atoms with E-state index in [4.69, 9.17) is 0 Å². The third kappa shape index (κ3) is 6.40. The van der Waals surface area contributed by atoms with Gasteiger partial charge in [-0.05, 0) is 55.2 Å². The molecule has 0 saturated carbocycles. The lowest BCUT2D eigenvalue weighted by atomic mass is 10.1. The Morgan fingerprint density at radius 2 is 1.83 bits per heavy atom. The fraction of sp³-hybridized carbons (Fsp3) is 0.333. The van der Waals surface area contributed by atoms with Crippen molar-refractivity contribution in [3.8, 4) is 0 Å². The molecule has 2 heterocycles. The maximum atomic E-state index is 14.0. The lowest BCUT2D eigenvalue weighted by Crippen LogP contribution is -2.25. The molecule has 0 spiro atoms. The van der Waals surface area contributed by atoms with Gasteiger partial charge >= 0.3 is 0 Å². The molecule has 0 unspecified atom stereocenters. The highest BCUT2D eigenvalue weighted by atomic mass is 32.2. The minimum atomic E-state index is -0.228. The first kappa shape index (κ1) is 25.6. The van der Waals surface area contributed by atoms with Crippen molar-refractivity contribution in [1.29, 1.82) is 0 Å². The van der Waals surface area contributed by atoms with E-state index in [1.54, 1.807) is 12.1 Å². The van der Waals surface area contributed by atoms with Crippen LogP contribution in [0.1, 0.15) is 52.5 Å². The van der Waals surface area contributed by atoms with Gasteiger partial charge in [-0.3, -0.25) is 9.48 Å². The van der Waals surface area contributed by atoms with Crippen molar-refractivity contribution in [3.05, 3.63) is 94.3 Å². The number of hydrogen-bond acceptors (Lipinski definition) is 5. The van der Waals surface area contributed by atoms with Crippen LogP contribution in [-0.4, -0.2) is 30.5 Å². The van der Waals surface area contributed by atoms with Crippen LogP contribution in [0.3, 0.4) is 0 Å². The molecule has 9 heteroatoms. The molecular formula is C27H31FN6OS. The van der Waals surface area contributed by atoms with Crippen molar-refractivity contribution in [3.63, 3.8) is 0 Å². The van der Waals surface area contributed by atoms with E-state index < -0.39 is 0 Å². The summed E-state index contributed by atoms with van der Waals surface area (Å²) >= 11 is 1.44. The van der Waals surface area contributed by atoms with Crippen molar-refractivity contribution >= 4 is 17.7 Å². The van der Waals surface area contributed by atoms with Gasteiger partial charge in [-0.2, -0.15) is 5.10 Å². The maximum Gasteiger partial charge on any atom is 0.251 e. The van der Waals surface area contributed by atoms with E-state index in [0.29, 0.717) is 46.9 Å². The molecular weight excluding hydrogens is 475 g/mol. The highest BCUT2D eigenvalue weighted by Crippen LogP contribution is 2.24. The van der Waals surface area contributed by atoms with Gasteiger partial charge in [-0.25, -0.2) is 4.39 Å². The van der Waals surface area contributed by atoms with Crippen LogP contribution in [0.15, 0.2) is 59.8 Å². The van der Waals surface area contributed by atoms with E-state index in [-0.39, 0.29) is 18.3 Å². The van der Waals surface area contributed by atoms with Crippen molar-refractivity contribution in [2.45, 2.75) is 58.2 Å². The minimum absolute atomic E-state index is 0.174. The molecule has 4 rings (SSSR count). The zero-order chi connectivity index (χ0) is 25.7. The number of nitrogens with one attached hydrogen (secondary N) is 1. The molecule has 0 aliphatic rings. The smallest absolute Gasteiger partial charge is 0.251 e. The minimum Gasteiger partial charge on any atom is -0.345 e. The summed E-state index contributed by atoms with van der Waals surface area (Å²) in [5, 5.41) is 16.8. The van der Waals surface area contributed by atoms with Gasteiger partial charge in [0.05, 0.1) is 18.8 Å². The van der Waals surface area contributed by atoms with Gasteiger partial charge in [-0.1, -0.05) is 55.9 Å². The quantitative estimate of drug-likeness (QED) is 0.301. The van der Waals surface area contributed by atoms with Crippen LogP contribution in [0.4, 0.5) is 4.39 Å². The standard InChI is InChI=1S/C27H31FN6OS/c1-18(2)15-33-25(30-31-27(33)36-17-23-7-5-6-8-24(23)28)14-29-26(35)22-11-9-21(10-12-22)16-34-20(4)13-19(3)32-34/h5-13,18H,14-17H2,1-4H3,(H,29,35). The summed E-state index contributed by atoms with van der Waals surface area (Å²) in [6, 6.07) is 16.3. The average Bonchev–Trinajstić information content (AvgIpc) is 3.37. The SMILES string of the molecule is Cc1cc(C)n(Cc2ccc(C(=O)NCc3nnc(SCc4ccccc4F)n3CC(C)C)cc2)n1. The Hall–Kier alpha value is -3.46. The van der Waals surface area contributed by atoms with Crippen LogP contribution in [0.5, 0.6) is 0 Å². The number of carbonyl (C=O) groups excluding carboxylic acids is 1. The molecule has 0 radical (unpaired) electrons. The van der Waals surface area contributed by atoms with Crippen LogP contribution < -0.4 is 5.32 Å². The fourth-order valence-electron chi connectivity index (χ4n) is 3.89. The van der Waals surface area contributed by atoms with Gasteiger partial charge in [-0.15, -0.1) is 10.2 Å². The second-order valence-corrected chi connectivity index (χ2v) is 10.2. The molecule has 2 aromatic heterocycles. The molecule has 4 aromatic rings. The van der Waals surface area contributed by atoms with Gasteiger partial charge in [0.1, 0.15) is 5.82 Å². The number of rotatable bonds is 10. The molecule has 0 atom stereocenters. The largest absolute Gasteiger partial charge is 0.345 e. The summed E-state index contributed by atoms with van der Waals surface area (Å²) in [6.07, 6.45) is 0. The number of aromatic nitrogens is 5. The lowest BCUT2D eigenvalue weighted by Gasteiger charge is -2.13. The number of thioether (sulfide) groups is 1. The summed E-state index contributed by atoms with van der Waals surface area (Å²) in [7, 11) is 0. The third-order valence-electron chi connectivity index (χ3n) is 5.71. The number of aryl methyl sites for hydroxylation is 2. The van der Waals surface area contributed by atoms with E-state index in [9.17, 15) is 9.18 Å². The Bertz CT molecular complexity index is 1330. The predicted octanol–water partition coefficient (Wildman–Crippen LogP) is 5.16. The topological polar surface area (TPSA) is 77.6 Å². The van der Waals surface area contributed by atoms with E-state index in [2.05, 4.69) is 34.5 Å². The van der Waals surface area contributed by atoms with Crippen molar-refractivity contribution in [2.75, 3.05) is 0 Å². The normalized spacial score (nSPS) is 11.3. The molecule has 0 aliphatic carbocycles. The number of hydrogen-bond donors (Lipinski definition) is 1. The predicted molar refractivity (Wildman–Crippen MR) is 139 cm³/mol. The van der Waals surface area contributed by atoms with Crippen LogP contribution in [0.25, 0.3) is 0 Å². The number of carbonyl (C=O) groups is 1. The molecule has 36 heavy (non-hydrogen) atoms. The zero-order valence-corrected chi connectivity index (χ0v) is 21.8. The van der Waals surface area contributed by atoms with Gasteiger partial charge in [0.2, 0.25) is 0 Å². The fourth-order valence-corrected chi connectivity index (χ4v) is 4.85. The lowest BCUT2D eigenvalue weighted by molar-refractivity contribution is 0.0949. The second-order valence-electron chi connectivity index (χ2n) is 9.25. The number of nitrogens with zero attached hydrogens (tertiary/aromatic N) is 5. The molecule has 0 fully saturated rings. The summed E-state index contributed by atoms with van der Waals surface area (Å²) in [5.41, 5.74) is 4.37. The second kappa shape index (κ2) is 11.5. The van der Waals surface area contributed by atoms with Crippen LogP contribution in [0.2, 0.25) is 0 Å². The van der Waals surface area contributed by atoms with Gasteiger partial charge in [0, 0.05) is 23.6 Å². The highest BCUT2D eigenvalue weighted by Gasteiger charge is 2.16. The average molecular weight is 507 g/mol. The Morgan fingerprint density at radius 3 is 2.50 bits per heavy atom. The molecule has 0 saturated heterocycles. The summed E-state index contributed by atoms with van der Waals surface area (Å²) < 4.78 is 18.0. The molecule has 7 nitrogen and oxygen atoms in total. The molecule has 0 aliphatic heterocycles. The number of benzene rings is 2. The van der Waals surface area contributed by atoms with Gasteiger partial charge in [0.25, 0.3) is 5.91 Å². The summed E-state index contributed by atoms with van der Waals surface area (Å²) in [5.74, 6) is 1.09. The maximum absolute atomic E-state index is 14.0. The Balaban J connectivity index is 1.39. The number of halogens is 1. The molecule has 2 aromatic carbocycles. The van der Waals surface area contributed by atoms with Crippen LogP contribution in [-0.2, 0) is 25.4 Å². The van der Waals surface area contributed by atoms with Crippen LogP contribution in [0, 0.1) is 25.6 Å². The van der Waals surface area contributed by atoms with Gasteiger partial charge in [0.15, 0.2) is 11.0 Å². The van der Waals surface area contributed by atoms with Crippen LogP contribution >= 0.6 is 11.8 Å². The van der Waals surface area contributed by atoms with Gasteiger partial charge < -0.3 is 9.88 Å². The van der Waals surface area contributed by atoms with E-state index in [1.165, 1.54) is 17.8 Å². The van der Waals surface area contributed by atoms with Crippen molar-refractivity contribution in [1.82, 2.24) is 29.9 Å². The molecule has 1 N–H and O–H groups in total. The third-order valence-corrected chi connectivity index (χ3v) is 6.73. The first-order valence-corrected chi connectivity index (χ1v) is 12.9. The highest BCUT2D eigenvalue weighted by molar-refractivity contribution is 7.98. The monoisotopic (exact) mass is 506 g/mol. The number of amides is 1. The molecule has 0 bridgehead atoms. The van der Waals surface area contributed by atoms with E-state index in [0.717, 1.165) is 17.0 Å². The first-order valence-electron chi connectivity index (χ1n) is 12.0. The van der Waals surface area contributed by atoms with Crippen molar-refractivity contribution in [2.24, 2.45) is 5.92 Å². The zero-order valence-electron chi connectivity index (χ0n) is 21.0. The Morgan fingerprint density at radius 1 is 1.08 bits per heavy atom. The molecule has 188 valence electrons. The summed E-state index contributed by atoms with van der Waals surface area (Å²) in [4.78, 5) is 12.8. The Kier molecular flexibility index (Phi) is 8.20. The van der Waals surface area contributed by atoms with E-state index in [1.807, 2.05) is 59.5 Å². The van der Waals surface area contributed by atoms with E-state index >= 15 is 0 Å². The Labute approximate surface area is 215 Å². The summed E-state index contributed by atoms with van der Waals surface area (Å²) in [6.45, 7) is 9.86.